The molecule has 0 fully saturated rings. The van der Waals surface area contributed by atoms with Crippen LogP contribution in [-0.2, 0) is 12.8 Å². The van der Waals surface area contributed by atoms with E-state index >= 15 is 0 Å². The molecule has 0 N–H and O–H groups in total. The average molecular weight is 209 g/mol. The van der Waals surface area contributed by atoms with Crippen LogP contribution in [0.4, 0.5) is 5.69 Å². The summed E-state index contributed by atoms with van der Waals surface area (Å²) >= 11 is 4.24. The van der Waals surface area contributed by atoms with E-state index in [1.165, 1.54) is 0 Å². The number of benzene rings is 1. The molecule has 0 aromatic heterocycles. The number of thiol groups is 1. The monoisotopic (exact) mass is 209 g/mol. The molecule has 0 radical (unpaired) electrons. The van der Waals surface area contributed by atoms with Gasteiger partial charge in [0.05, 0.1) is 4.92 Å². The molecular weight excluding hydrogens is 198 g/mol. The van der Waals surface area contributed by atoms with Crippen LogP contribution in [0.2, 0.25) is 0 Å². The molecule has 1 atom stereocenters. The molecule has 1 aliphatic rings. The van der Waals surface area contributed by atoms with Gasteiger partial charge in [0.15, 0.2) is 0 Å². The molecule has 0 heterocycles. The Hall–Kier alpha value is -1.03. The molecule has 0 amide bonds. The highest BCUT2D eigenvalue weighted by molar-refractivity contribution is 7.80. The van der Waals surface area contributed by atoms with Gasteiger partial charge in [-0.1, -0.05) is 12.1 Å². The van der Waals surface area contributed by atoms with E-state index in [2.05, 4.69) is 12.6 Å². The SMILES string of the molecule is O=[N+]([O-])c1cccc2c1C[C@H](CS)C2. The minimum Gasteiger partial charge on any atom is -0.258 e. The summed E-state index contributed by atoms with van der Waals surface area (Å²) in [4.78, 5) is 10.5. The van der Waals surface area contributed by atoms with Crippen LogP contribution in [0.1, 0.15) is 11.1 Å². The van der Waals surface area contributed by atoms with E-state index in [0.717, 1.165) is 29.7 Å². The van der Waals surface area contributed by atoms with Gasteiger partial charge in [-0.15, -0.1) is 0 Å². The minimum absolute atomic E-state index is 0.270. The molecule has 4 heteroatoms. The second-order valence-electron chi connectivity index (χ2n) is 3.63. The van der Waals surface area contributed by atoms with E-state index < -0.39 is 0 Å². The zero-order chi connectivity index (χ0) is 10.1. The van der Waals surface area contributed by atoms with Gasteiger partial charge in [-0.05, 0) is 30.1 Å². The van der Waals surface area contributed by atoms with Crippen LogP contribution >= 0.6 is 12.6 Å². The molecule has 0 saturated heterocycles. The number of hydrogen-bond donors (Lipinski definition) is 1. The summed E-state index contributed by atoms with van der Waals surface area (Å²) < 4.78 is 0. The first-order valence-electron chi connectivity index (χ1n) is 4.58. The average Bonchev–Trinajstić information content (AvgIpc) is 2.59. The Morgan fingerprint density at radius 1 is 1.50 bits per heavy atom. The van der Waals surface area contributed by atoms with Crippen LogP contribution in [0.15, 0.2) is 18.2 Å². The maximum atomic E-state index is 10.7. The van der Waals surface area contributed by atoms with Crippen molar-refractivity contribution in [2.24, 2.45) is 5.92 Å². The molecule has 1 aromatic carbocycles. The fourth-order valence-corrected chi connectivity index (χ4v) is 2.28. The number of nitro benzene ring substituents is 1. The molecule has 2 rings (SSSR count). The third kappa shape index (κ3) is 1.50. The molecule has 0 spiro atoms. The van der Waals surface area contributed by atoms with Crippen LogP contribution in [0.3, 0.4) is 0 Å². The van der Waals surface area contributed by atoms with Gasteiger partial charge in [-0.25, -0.2) is 0 Å². The summed E-state index contributed by atoms with van der Waals surface area (Å²) in [6, 6.07) is 5.32. The van der Waals surface area contributed by atoms with Crippen molar-refractivity contribution in [3.63, 3.8) is 0 Å². The Morgan fingerprint density at radius 2 is 2.29 bits per heavy atom. The standard InChI is InChI=1S/C10H11NO2S/c12-11(13)10-3-1-2-8-4-7(6-14)5-9(8)10/h1-3,7,14H,4-6H2/t7-/m1/s1. The van der Waals surface area contributed by atoms with E-state index in [1.54, 1.807) is 12.1 Å². The van der Waals surface area contributed by atoms with Gasteiger partial charge in [0.1, 0.15) is 0 Å². The van der Waals surface area contributed by atoms with Crippen LogP contribution in [0.5, 0.6) is 0 Å². The second kappa shape index (κ2) is 3.61. The molecule has 0 unspecified atom stereocenters. The quantitative estimate of drug-likeness (QED) is 0.461. The fourth-order valence-electron chi connectivity index (χ4n) is 2.02. The van der Waals surface area contributed by atoms with E-state index in [1.807, 2.05) is 6.07 Å². The lowest BCUT2D eigenvalue weighted by atomic mass is 10.1. The van der Waals surface area contributed by atoms with Crippen molar-refractivity contribution in [1.29, 1.82) is 0 Å². The summed E-state index contributed by atoms with van der Waals surface area (Å²) in [6.07, 6.45) is 1.73. The number of hydrogen-bond acceptors (Lipinski definition) is 3. The van der Waals surface area contributed by atoms with Gasteiger partial charge in [-0.3, -0.25) is 10.1 Å². The predicted molar refractivity (Wildman–Crippen MR) is 57.8 cm³/mol. The van der Waals surface area contributed by atoms with E-state index in [0.29, 0.717) is 5.92 Å². The van der Waals surface area contributed by atoms with Crippen LogP contribution < -0.4 is 0 Å². The summed E-state index contributed by atoms with van der Waals surface area (Å²) in [5.74, 6) is 1.26. The van der Waals surface area contributed by atoms with Gasteiger partial charge in [0.2, 0.25) is 0 Å². The van der Waals surface area contributed by atoms with Crippen molar-refractivity contribution >= 4 is 18.3 Å². The third-order valence-corrected chi connectivity index (χ3v) is 3.22. The Kier molecular flexibility index (Phi) is 2.46. The van der Waals surface area contributed by atoms with Crippen molar-refractivity contribution in [1.82, 2.24) is 0 Å². The zero-order valence-corrected chi connectivity index (χ0v) is 8.54. The van der Waals surface area contributed by atoms with Gasteiger partial charge >= 0.3 is 0 Å². The summed E-state index contributed by atoms with van der Waals surface area (Å²) in [7, 11) is 0. The molecule has 1 aromatic rings. The molecule has 14 heavy (non-hydrogen) atoms. The van der Waals surface area contributed by atoms with Crippen LogP contribution in [-0.4, -0.2) is 10.7 Å². The first-order chi connectivity index (χ1) is 6.72. The third-order valence-electron chi connectivity index (χ3n) is 2.70. The molecule has 74 valence electrons. The Balaban J connectivity index is 2.41. The van der Waals surface area contributed by atoms with Crippen LogP contribution in [0, 0.1) is 16.0 Å². The minimum atomic E-state index is -0.292. The zero-order valence-electron chi connectivity index (χ0n) is 7.64. The molecular formula is C10H11NO2S. The molecule has 0 bridgehead atoms. The van der Waals surface area contributed by atoms with Crippen molar-refractivity contribution < 1.29 is 4.92 Å². The highest BCUT2D eigenvalue weighted by Crippen LogP contribution is 2.33. The highest BCUT2D eigenvalue weighted by atomic mass is 32.1. The van der Waals surface area contributed by atoms with Gasteiger partial charge in [0.25, 0.3) is 5.69 Å². The highest BCUT2D eigenvalue weighted by Gasteiger charge is 2.26. The lowest BCUT2D eigenvalue weighted by Crippen LogP contribution is -2.00. The summed E-state index contributed by atoms with van der Waals surface area (Å²) in [5.41, 5.74) is 2.31. The molecule has 3 nitrogen and oxygen atoms in total. The van der Waals surface area contributed by atoms with Gasteiger partial charge in [-0.2, -0.15) is 12.6 Å². The number of nitrogens with zero attached hydrogens (tertiary/aromatic N) is 1. The first kappa shape index (κ1) is 9.52. The van der Waals surface area contributed by atoms with E-state index in [-0.39, 0.29) is 10.6 Å². The summed E-state index contributed by atoms with van der Waals surface area (Å²) in [6.45, 7) is 0. The van der Waals surface area contributed by atoms with Crippen LogP contribution in [0.25, 0.3) is 0 Å². The van der Waals surface area contributed by atoms with Gasteiger partial charge < -0.3 is 0 Å². The topological polar surface area (TPSA) is 43.1 Å². The number of rotatable bonds is 2. The van der Waals surface area contributed by atoms with Crippen molar-refractivity contribution in [2.45, 2.75) is 12.8 Å². The number of fused-ring (bicyclic) bond motifs is 1. The van der Waals surface area contributed by atoms with Gasteiger partial charge in [0, 0.05) is 11.6 Å². The Bertz CT molecular complexity index is 378. The second-order valence-corrected chi connectivity index (χ2v) is 3.99. The molecule has 0 saturated carbocycles. The fraction of sp³-hybridized carbons (Fsp3) is 0.400. The Labute approximate surface area is 87.7 Å². The Morgan fingerprint density at radius 3 is 2.93 bits per heavy atom. The number of nitro groups is 1. The van der Waals surface area contributed by atoms with Crippen molar-refractivity contribution in [2.75, 3.05) is 5.75 Å². The summed E-state index contributed by atoms with van der Waals surface area (Å²) in [5, 5.41) is 10.7. The predicted octanol–water partition coefficient (Wildman–Crippen LogP) is 2.24. The maximum Gasteiger partial charge on any atom is 0.272 e. The largest absolute Gasteiger partial charge is 0.272 e. The lowest BCUT2D eigenvalue weighted by Gasteiger charge is -2.00. The maximum absolute atomic E-state index is 10.7. The van der Waals surface area contributed by atoms with Crippen molar-refractivity contribution in [3.8, 4) is 0 Å². The first-order valence-corrected chi connectivity index (χ1v) is 5.21. The molecule has 0 aliphatic heterocycles. The van der Waals surface area contributed by atoms with E-state index in [9.17, 15) is 10.1 Å². The molecule has 1 aliphatic carbocycles. The van der Waals surface area contributed by atoms with Crippen molar-refractivity contribution in [3.05, 3.63) is 39.4 Å². The normalized spacial score (nSPS) is 19.4. The van der Waals surface area contributed by atoms with E-state index in [4.69, 9.17) is 0 Å². The smallest absolute Gasteiger partial charge is 0.258 e. The lowest BCUT2D eigenvalue weighted by molar-refractivity contribution is -0.385.